The Morgan fingerprint density at radius 1 is 0.886 bits per heavy atom. The van der Waals surface area contributed by atoms with Gasteiger partial charge in [-0.15, -0.1) is 0 Å². The number of rotatable bonds is 8. The van der Waals surface area contributed by atoms with Gasteiger partial charge in [-0.05, 0) is 81.2 Å². The molecule has 1 atom stereocenters. The first-order valence-electron chi connectivity index (χ1n) is 13.6. The molecule has 1 aromatic carbocycles. The second-order valence-corrected chi connectivity index (χ2v) is 10.6. The monoisotopic (exact) mass is 476 g/mol. The van der Waals surface area contributed by atoms with Crippen LogP contribution in [0.15, 0.2) is 42.7 Å². The van der Waals surface area contributed by atoms with E-state index in [-0.39, 0.29) is 5.91 Å². The van der Waals surface area contributed by atoms with Crippen LogP contribution in [0.3, 0.4) is 0 Å². The van der Waals surface area contributed by atoms with E-state index in [1.807, 2.05) is 24.5 Å². The highest BCUT2D eigenvalue weighted by atomic mass is 16.1. The van der Waals surface area contributed by atoms with Gasteiger partial charge in [-0.3, -0.25) is 4.79 Å². The summed E-state index contributed by atoms with van der Waals surface area (Å²) in [4.78, 5) is 26.1. The minimum absolute atomic E-state index is 0.164. The number of nitrogens with zero attached hydrogens (tertiary/aromatic N) is 4. The Hall–Kier alpha value is -2.67. The van der Waals surface area contributed by atoms with E-state index in [9.17, 15) is 4.79 Å². The standard InChI is InChI=1S/C28H40N6O/c35-27(18-22-6-1-2-7-22)32-25-9-3-10-26(19-25)33-16-11-24(12-17-33)31-20-23-8-4-15-34(21-23)28-29-13-5-14-30-28/h3,5,9-10,13-14,19,22-24,31H,1-2,4,6-8,11-12,15-18,20-21H2,(H,32,35)/t23-/m0/s1. The number of nitrogens with one attached hydrogen (secondary N) is 2. The Kier molecular flexibility index (Phi) is 8.14. The van der Waals surface area contributed by atoms with Crippen molar-refractivity contribution in [1.29, 1.82) is 0 Å². The third-order valence-corrected chi connectivity index (χ3v) is 7.99. The van der Waals surface area contributed by atoms with Crippen molar-refractivity contribution in [2.24, 2.45) is 11.8 Å². The summed E-state index contributed by atoms with van der Waals surface area (Å²) in [7, 11) is 0. The van der Waals surface area contributed by atoms with Crippen molar-refractivity contribution in [3.05, 3.63) is 42.7 Å². The number of carbonyl (C=O) groups is 1. The fraction of sp³-hybridized carbons (Fsp3) is 0.607. The molecule has 0 spiro atoms. The number of anilines is 3. The minimum atomic E-state index is 0.164. The van der Waals surface area contributed by atoms with Crippen LogP contribution < -0.4 is 20.4 Å². The predicted octanol–water partition coefficient (Wildman–Crippen LogP) is 4.47. The van der Waals surface area contributed by atoms with Crippen molar-refractivity contribution in [1.82, 2.24) is 15.3 Å². The Bertz CT molecular complexity index is 939. The first kappa shape index (κ1) is 24.0. The van der Waals surface area contributed by atoms with Gasteiger partial charge in [0.15, 0.2) is 0 Å². The van der Waals surface area contributed by atoms with Gasteiger partial charge in [0.2, 0.25) is 11.9 Å². The van der Waals surface area contributed by atoms with Crippen LogP contribution in [0.5, 0.6) is 0 Å². The Labute approximate surface area is 209 Å². The van der Waals surface area contributed by atoms with Gasteiger partial charge in [-0.25, -0.2) is 9.97 Å². The fourth-order valence-electron chi connectivity index (χ4n) is 6.01. The minimum Gasteiger partial charge on any atom is -0.371 e. The summed E-state index contributed by atoms with van der Waals surface area (Å²) >= 11 is 0. The topological polar surface area (TPSA) is 73.4 Å². The second-order valence-electron chi connectivity index (χ2n) is 10.6. The Morgan fingerprint density at radius 3 is 2.46 bits per heavy atom. The van der Waals surface area contributed by atoms with Crippen LogP contribution in [0.25, 0.3) is 0 Å². The van der Waals surface area contributed by atoms with Crippen LogP contribution in [-0.2, 0) is 4.79 Å². The van der Waals surface area contributed by atoms with Crippen LogP contribution >= 0.6 is 0 Å². The maximum absolute atomic E-state index is 12.5. The molecular weight excluding hydrogens is 436 g/mol. The van der Waals surface area contributed by atoms with Gasteiger partial charge in [-0.1, -0.05) is 18.9 Å². The first-order chi connectivity index (χ1) is 17.2. The third-order valence-electron chi connectivity index (χ3n) is 7.99. The lowest BCUT2D eigenvalue weighted by Gasteiger charge is -2.36. The summed E-state index contributed by atoms with van der Waals surface area (Å²) in [6, 6.07) is 10.8. The summed E-state index contributed by atoms with van der Waals surface area (Å²) in [5.74, 6) is 2.25. The molecule has 188 valence electrons. The average molecular weight is 477 g/mol. The Balaban J connectivity index is 1.05. The quantitative estimate of drug-likeness (QED) is 0.586. The van der Waals surface area contributed by atoms with Gasteiger partial charge in [0.25, 0.3) is 0 Å². The van der Waals surface area contributed by atoms with Crippen LogP contribution in [0.2, 0.25) is 0 Å². The number of amides is 1. The van der Waals surface area contributed by atoms with E-state index in [2.05, 4.69) is 48.6 Å². The molecule has 3 fully saturated rings. The number of benzene rings is 1. The normalized spacial score (nSPS) is 21.9. The molecule has 35 heavy (non-hydrogen) atoms. The molecule has 3 aliphatic rings. The maximum Gasteiger partial charge on any atom is 0.225 e. The predicted molar refractivity (Wildman–Crippen MR) is 142 cm³/mol. The van der Waals surface area contributed by atoms with Crippen molar-refractivity contribution < 1.29 is 4.79 Å². The molecule has 0 bridgehead atoms. The van der Waals surface area contributed by atoms with E-state index in [0.717, 1.165) is 57.2 Å². The zero-order valence-corrected chi connectivity index (χ0v) is 20.9. The van der Waals surface area contributed by atoms with E-state index in [0.29, 0.717) is 24.3 Å². The van der Waals surface area contributed by atoms with Crippen molar-refractivity contribution in [2.45, 2.75) is 63.8 Å². The van der Waals surface area contributed by atoms with Crippen LogP contribution in [0.1, 0.15) is 57.8 Å². The maximum atomic E-state index is 12.5. The number of hydrogen-bond acceptors (Lipinski definition) is 6. The zero-order valence-electron chi connectivity index (χ0n) is 20.9. The lowest BCUT2D eigenvalue weighted by molar-refractivity contribution is -0.117. The van der Waals surface area contributed by atoms with Crippen LogP contribution in [-0.4, -0.2) is 54.6 Å². The number of piperidine rings is 2. The lowest BCUT2D eigenvalue weighted by atomic mass is 9.96. The molecule has 7 heteroatoms. The van der Waals surface area contributed by atoms with Gasteiger partial charge in [-0.2, -0.15) is 0 Å². The van der Waals surface area contributed by atoms with Crippen LogP contribution in [0, 0.1) is 11.8 Å². The molecule has 1 saturated carbocycles. The van der Waals surface area contributed by atoms with Gasteiger partial charge in [0.1, 0.15) is 0 Å². The molecule has 3 heterocycles. The van der Waals surface area contributed by atoms with E-state index in [1.165, 1.54) is 44.2 Å². The largest absolute Gasteiger partial charge is 0.371 e. The number of aromatic nitrogens is 2. The Morgan fingerprint density at radius 2 is 1.66 bits per heavy atom. The van der Waals surface area contributed by atoms with Crippen molar-refractivity contribution in [3.8, 4) is 0 Å². The van der Waals surface area contributed by atoms with Gasteiger partial charge < -0.3 is 20.4 Å². The SMILES string of the molecule is O=C(CC1CCCC1)Nc1cccc(N2CCC(NC[C@@H]3CCCN(c4ncccn4)C3)CC2)c1. The van der Waals surface area contributed by atoms with Crippen molar-refractivity contribution >= 4 is 23.2 Å². The summed E-state index contributed by atoms with van der Waals surface area (Å²) in [6.07, 6.45) is 14.1. The lowest BCUT2D eigenvalue weighted by Crippen LogP contribution is -2.46. The fourth-order valence-corrected chi connectivity index (χ4v) is 6.01. The molecule has 1 amide bonds. The molecule has 2 aliphatic heterocycles. The molecule has 2 saturated heterocycles. The second kappa shape index (κ2) is 11.8. The van der Waals surface area contributed by atoms with Gasteiger partial charge in [0.05, 0.1) is 0 Å². The molecule has 2 aromatic rings. The summed E-state index contributed by atoms with van der Waals surface area (Å²) in [6.45, 7) is 5.25. The van der Waals surface area contributed by atoms with E-state index in [1.54, 1.807) is 0 Å². The number of carbonyl (C=O) groups excluding carboxylic acids is 1. The molecule has 0 unspecified atom stereocenters. The van der Waals surface area contributed by atoms with E-state index < -0.39 is 0 Å². The third kappa shape index (κ3) is 6.72. The molecule has 1 aromatic heterocycles. The van der Waals surface area contributed by atoms with Gasteiger partial charge in [0, 0.05) is 62.4 Å². The highest BCUT2D eigenvalue weighted by molar-refractivity contribution is 5.91. The molecule has 1 aliphatic carbocycles. The van der Waals surface area contributed by atoms with E-state index >= 15 is 0 Å². The van der Waals surface area contributed by atoms with E-state index in [4.69, 9.17) is 0 Å². The first-order valence-corrected chi connectivity index (χ1v) is 13.6. The van der Waals surface area contributed by atoms with Crippen molar-refractivity contribution in [2.75, 3.05) is 47.8 Å². The smallest absolute Gasteiger partial charge is 0.225 e. The van der Waals surface area contributed by atoms with Crippen LogP contribution in [0.4, 0.5) is 17.3 Å². The highest BCUT2D eigenvalue weighted by Crippen LogP contribution is 2.29. The number of hydrogen-bond donors (Lipinski definition) is 2. The van der Waals surface area contributed by atoms with Gasteiger partial charge >= 0.3 is 0 Å². The highest BCUT2D eigenvalue weighted by Gasteiger charge is 2.24. The molecule has 5 rings (SSSR count). The van der Waals surface area contributed by atoms with Crippen molar-refractivity contribution in [3.63, 3.8) is 0 Å². The zero-order chi connectivity index (χ0) is 23.9. The summed E-state index contributed by atoms with van der Waals surface area (Å²) in [5, 5.41) is 6.99. The summed E-state index contributed by atoms with van der Waals surface area (Å²) < 4.78 is 0. The molecule has 0 radical (unpaired) electrons. The molecule has 7 nitrogen and oxygen atoms in total. The molecular formula is C28H40N6O. The molecule has 2 N–H and O–H groups in total. The summed E-state index contributed by atoms with van der Waals surface area (Å²) in [5.41, 5.74) is 2.14. The average Bonchev–Trinajstić information content (AvgIpc) is 3.41.